The first-order valence-corrected chi connectivity index (χ1v) is 7.42. The summed E-state index contributed by atoms with van der Waals surface area (Å²) in [5, 5.41) is 8.09. The van der Waals surface area contributed by atoms with Crippen LogP contribution in [0.25, 0.3) is 0 Å². The normalized spacial score (nSPS) is 12.9. The molecular weight excluding hydrogens is 261 g/mol. The van der Waals surface area contributed by atoms with Crippen molar-refractivity contribution in [2.75, 3.05) is 0 Å². The van der Waals surface area contributed by atoms with Crippen molar-refractivity contribution in [3.05, 3.63) is 71.8 Å². The zero-order valence-corrected chi connectivity index (χ0v) is 11.0. The quantitative estimate of drug-likeness (QED) is 0.592. The fourth-order valence-corrected chi connectivity index (χ4v) is 2.99. The van der Waals surface area contributed by atoms with Crippen LogP contribution in [-0.2, 0) is 4.57 Å². The van der Waals surface area contributed by atoms with E-state index in [1.165, 1.54) is 0 Å². The molecule has 2 aromatic rings. The van der Waals surface area contributed by atoms with Crippen molar-refractivity contribution in [3.63, 3.8) is 0 Å². The van der Waals surface area contributed by atoms with E-state index in [2.05, 4.69) is 0 Å². The van der Waals surface area contributed by atoms with Crippen molar-refractivity contribution in [3.8, 4) is 0 Å². The Morgan fingerprint density at radius 2 is 1.42 bits per heavy atom. The first kappa shape index (κ1) is 13.7. The second-order valence-corrected chi connectivity index (χ2v) is 5.88. The fourth-order valence-electron chi connectivity index (χ4n) is 1.94. The first-order chi connectivity index (χ1) is 9.00. The van der Waals surface area contributed by atoms with E-state index in [4.69, 9.17) is 5.41 Å². The second kappa shape index (κ2) is 5.49. The summed E-state index contributed by atoms with van der Waals surface area (Å²) in [4.78, 5) is 19.1. The lowest BCUT2D eigenvalue weighted by Crippen LogP contribution is -2.13. The van der Waals surface area contributed by atoms with E-state index in [-0.39, 0.29) is 5.71 Å². The van der Waals surface area contributed by atoms with Crippen LogP contribution in [0, 0.1) is 5.41 Å². The Bertz CT molecular complexity index is 607. The zero-order valence-electron chi connectivity index (χ0n) is 10.1. The monoisotopic (exact) mass is 275 g/mol. The molecule has 19 heavy (non-hydrogen) atoms. The molecule has 0 saturated heterocycles. The molecule has 0 aliphatic carbocycles. The zero-order chi connectivity index (χ0) is 13.9. The van der Waals surface area contributed by atoms with Crippen LogP contribution < -0.4 is 0 Å². The molecular formula is C14H14NO3P. The number of nitrogens with one attached hydrogen (secondary N) is 1. The maximum atomic E-state index is 11.7. The molecule has 1 unspecified atom stereocenters. The topological polar surface area (TPSA) is 81.4 Å². The van der Waals surface area contributed by atoms with E-state index >= 15 is 0 Å². The average Bonchev–Trinajstić information content (AvgIpc) is 2.39. The minimum atomic E-state index is -4.44. The Labute approximate surface area is 111 Å². The highest BCUT2D eigenvalue weighted by Gasteiger charge is 2.34. The summed E-state index contributed by atoms with van der Waals surface area (Å²) in [6.07, 6.45) is 0. The van der Waals surface area contributed by atoms with Gasteiger partial charge in [-0.25, -0.2) is 0 Å². The van der Waals surface area contributed by atoms with Gasteiger partial charge in [-0.05, 0) is 11.1 Å². The summed E-state index contributed by atoms with van der Waals surface area (Å²) >= 11 is 0. The highest BCUT2D eigenvalue weighted by Crippen LogP contribution is 2.53. The third-order valence-electron chi connectivity index (χ3n) is 2.81. The van der Waals surface area contributed by atoms with Gasteiger partial charge in [0.05, 0.1) is 5.71 Å². The van der Waals surface area contributed by atoms with Crippen LogP contribution in [0.5, 0.6) is 0 Å². The summed E-state index contributed by atoms with van der Waals surface area (Å²) in [6.45, 7) is 0. The van der Waals surface area contributed by atoms with Crippen molar-refractivity contribution in [2.45, 2.75) is 5.66 Å². The molecule has 0 fully saturated rings. The molecule has 5 heteroatoms. The Hall–Kier alpha value is -1.74. The lowest BCUT2D eigenvalue weighted by Gasteiger charge is -2.20. The van der Waals surface area contributed by atoms with Gasteiger partial charge in [-0.15, -0.1) is 0 Å². The molecule has 4 nitrogen and oxygen atoms in total. The number of benzene rings is 2. The van der Waals surface area contributed by atoms with Crippen LogP contribution in [-0.4, -0.2) is 15.5 Å². The number of rotatable bonds is 4. The van der Waals surface area contributed by atoms with E-state index in [1.807, 2.05) is 0 Å². The molecule has 0 bridgehead atoms. The van der Waals surface area contributed by atoms with E-state index in [0.29, 0.717) is 11.1 Å². The molecule has 0 spiro atoms. The van der Waals surface area contributed by atoms with Crippen molar-refractivity contribution < 1.29 is 14.4 Å². The number of hydrogen-bond donors (Lipinski definition) is 3. The van der Waals surface area contributed by atoms with Gasteiger partial charge in [-0.2, -0.15) is 0 Å². The van der Waals surface area contributed by atoms with Crippen molar-refractivity contribution in [1.82, 2.24) is 0 Å². The highest BCUT2D eigenvalue weighted by molar-refractivity contribution is 7.53. The van der Waals surface area contributed by atoms with Crippen LogP contribution in [0.15, 0.2) is 60.7 Å². The maximum absolute atomic E-state index is 11.7. The van der Waals surface area contributed by atoms with Crippen LogP contribution in [0.2, 0.25) is 0 Å². The van der Waals surface area contributed by atoms with E-state index in [9.17, 15) is 14.4 Å². The van der Waals surface area contributed by atoms with Gasteiger partial charge in [-0.3, -0.25) is 4.57 Å². The van der Waals surface area contributed by atoms with Crippen molar-refractivity contribution >= 4 is 13.3 Å². The van der Waals surface area contributed by atoms with Gasteiger partial charge in [0.15, 0.2) is 0 Å². The SMILES string of the molecule is N=C(c1ccccc1)C(c1ccccc1)P(=O)(O)O. The summed E-state index contributed by atoms with van der Waals surface area (Å²) in [5.74, 6) is 0. The molecule has 2 aromatic carbocycles. The minimum absolute atomic E-state index is 0.0693. The second-order valence-electron chi connectivity index (χ2n) is 4.18. The van der Waals surface area contributed by atoms with Crippen molar-refractivity contribution in [1.29, 1.82) is 5.41 Å². The van der Waals surface area contributed by atoms with Gasteiger partial charge < -0.3 is 15.2 Å². The predicted octanol–water partition coefficient (Wildman–Crippen LogP) is 2.97. The van der Waals surface area contributed by atoms with Gasteiger partial charge >= 0.3 is 7.60 Å². The smallest absolute Gasteiger partial charge is 0.324 e. The third kappa shape index (κ3) is 3.18. The Balaban J connectivity index is 2.46. The summed E-state index contributed by atoms with van der Waals surface area (Å²) < 4.78 is 11.7. The molecule has 0 aliphatic rings. The highest BCUT2D eigenvalue weighted by atomic mass is 31.2. The lowest BCUT2D eigenvalue weighted by atomic mass is 10.0. The number of hydrogen-bond acceptors (Lipinski definition) is 2. The van der Waals surface area contributed by atoms with E-state index in [0.717, 1.165) is 0 Å². The van der Waals surface area contributed by atoms with E-state index in [1.54, 1.807) is 60.7 Å². The molecule has 1 atom stereocenters. The Morgan fingerprint density at radius 3 is 1.89 bits per heavy atom. The minimum Gasteiger partial charge on any atom is -0.324 e. The molecule has 3 N–H and O–H groups in total. The van der Waals surface area contributed by atoms with Gasteiger partial charge in [0.1, 0.15) is 5.66 Å². The van der Waals surface area contributed by atoms with E-state index < -0.39 is 13.3 Å². The largest absolute Gasteiger partial charge is 0.338 e. The molecule has 0 heterocycles. The Morgan fingerprint density at radius 1 is 0.947 bits per heavy atom. The molecule has 0 aliphatic heterocycles. The van der Waals surface area contributed by atoms with Gasteiger partial charge in [0, 0.05) is 0 Å². The summed E-state index contributed by atoms with van der Waals surface area (Å²) in [7, 11) is -4.44. The van der Waals surface area contributed by atoms with Crippen molar-refractivity contribution in [2.24, 2.45) is 0 Å². The van der Waals surface area contributed by atoms with Gasteiger partial charge in [0.25, 0.3) is 0 Å². The lowest BCUT2D eigenvalue weighted by molar-refractivity contribution is 0.368. The average molecular weight is 275 g/mol. The fraction of sp³-hybridized carbons (Fsp3) is 0.0714. The maximum Gasteiger partial charge on any atom is 0.338 e. The molecule has 2 rings (SSSR count). The molecule has 0 saturated carbocycles. The molecule has 0 radical (unpaired) electrons. The van der Waals surface area contributed by atoms with Crippen LogP contribution in [0.4, 0.5) is 0 Å². The van der Waals surface area contributed by atoms with Crippen LogP contribution in [0.1, 0.15) is 16.8 Å². The Kier molecular flexibility index (Phi) is 3.96. The third-order valence-corrected chi connectivity index (χ3v) is 4.04. The van der Waals surface area contributed by atoms with Gasteiger partial charge in [0.2, 0.25) is 0 Å². The standard InChI is InChI=1S/C14H14NO3P/c15-13(11-7-3-1-4-8-11)14(19(16,17)18)12-9-5-2-6-10-12/h1-10,14-15H,(H2,16,17,18). The molecule has 0 aromatic heterocycles. The predicted molar refractivity (Wildman–Crippen MR) is 74.5 cm³/mol. The summed E-state index contributed by atoms with van der Waals surface area (Å²) in [5.41, 5.74) is -0.333. The first-order valence-electron chi connectivity index (χ1n) is 5.74. The van der Waals surface area contributed by atoms with Crippen LogP contribution >= 0.6 is 7.60 Å². The van der Waals surface area contributed by atoms with Crippen LogP contribution in [0.3, 0.4) is 0 Å². The molecule has 98 valence electrons. The molecule has 0 amide bonds. The summed E-state index contributed by atoms with van der Waals surface area (Å²) in [6, 6.07) is 17.1. The van der Waals surface area contributed by atoms with Gasteiger partial charge in [-0.1, -0.05) is 60.7 Å².